The fourth-order valence-electron chi connectivity index (χ4n) is 3.10. The fourth-order valence-corrected chi connectivity index (χ4v) is 4.03. The number of amides is 1. The van der Waals surface area contributed by atoms with Crippen LogP contribution in [0.25, 0.3) is 0 Å². The summed E-state index contributed by atoms with van der Waals surface area (Å²) >= 11 is 1.80. The molecule has 0 bridgehead atoms. The van der Waals surface area contributed by atoms with Crippen molar-refractivity contribution >= 4 is 23.2 Å². The number of aliphatic carboxylic acids is 1. The molecule has 1 aliphatic rings. The van der Waals surface area contributed by atoms with E-state index in [-0.39, 0.29) is 18.4 Å². The molecule has 2 heterocycles. The van der Waals surface area contributed by atoms with Gasteiger partial charge in [0.1, 0.15) is 0 Å². The van der Waals surface area contributed by atoms with E-state index < -0.39 is 5.97 Å². The van der Waals surface area contributed by atoms with Gasteiger partial charge in [-0.2, -0.15) is 0 Å². The Hall–Kier alpha value is -1.36. The molecule has 2 rings (SSSR count). The third-order valence-electron chi connectivity index (χ3n) is 4.25. The van der Waals surface area contributed by atoms with Crippen LogP contribution in [0.3, 0.4) is 0 Å². The maximum Gasteiger partial charge on any atom is 0.303 e. The maximum absolute atomic E-state index is 12.4. The van der Waals surface area contributed by atoms with Crippen LogP contribution in [0, 0.1) is 6.92 Å². The molecule has 0 aliphatic carbocycles. The lowest BCUT2D eigenvalue weighted by atomic mass is 9.97. The number of aryl methyl sites for hydroxylation is 2. The number of rotatable bonds is 7. The quantitative estimate of drug-likeness (QED) is 0.833. The largest absolute Gasteiger partial charge is 0.481 e. The summed E-state index contributed by atoms with van der Waals surface area (Å²) in [5.74, 6) is -0.575. The van der Waals surface area contributed by atoms with Crippen molar-refractivity contribution in [2.75, 3.05) is 6.54 Å². The van der Waals surface area contributed by atoms with Gasteiger partial charge >= 0.3 is 5.97 Å². The third-order valence-corrected chi connectivity index (χ3v) is 5.31. The summed E-state index contributed by atoms with van der Waals surface area (Å²) in [6.45, 7) is 2.89. The third kappa shape index (κ3) is 5.13. The highest BCUT2D eigenvalue weighted by Gasteiger charge is 2.26. The van der Waals surface area contributed by atoms with E-state index in [9.17, 15) is 9.59 Å². The van der Waals surface area contributed by atoms with E-state index in [1.807, 2.05) is 4.90 Å². The van der Waals surface area contributed by atoms with Crippen LogP contribution < -0.4 is 0 Å². The van der Waals surface area contributed by atoms with Crippen LogP contribution in [0.15, 0.2) is 12.1 Å². The molecular formula is C17H25NO3S. The molecule has 22 heavy (non-hydrogen) atoms. The van der Waals surface area contributed by atoms with Gasteiger partial charge in [-0.3, -0.25) is 9.59 Å². The SMILES string of the molecule is Cc1ccc(CCCC(=O)N2CCCC[C@@H]2CCC(=O)O)s1. The van der Waals surface area contributed by atoms with Crippen molar-refractivity contribution in [1.29, 1.82) is 0 Å². The normalized spacial score (nSPS) is 18.4. The summed E-state index contributed by atoms with van der Waals surface area (Å²) in [4.78, 5) is 27.8. The van der Waals surface area contributed by atoms with Gasteiger partial charge < -0.3 is 10.0 Å². The Bertz CT molecular complexity index is 512. The highest BCUT2D eigenvalue weighted by molar-refractivity contribution is 7.11. The molecule has 1 aromatic rings. The Labute approximate surface area is 136 Å². The van der Waals surface area contributed by atoms with E-state index in [0.29, 0.717) is 12.8 Å². The zero-order valence-corrected chi connectivity index (χ0v) is 14.0. The van der Waals surface area contributed by atoms with Crippen LogP contribution in [0.2, 0.25) is 0 Å². The summed E-state index contributed by atoms with van der Waals surface area (Å²) in [5.41, 5.74) is 0. The summed E-state index contributed by atoms with van der Waals surface area (Å²) < 4.78 is 0. The molecule has 1 aromatic heterocycles. The summed E-state index contributed by atoms with van der Waals surface area (Å²) in [5, 5.41) is 8.84. The number of likely N-dealkylation sites (tertiary alicyclic amines) is 1. The second-order valence-corrected chi connectivity index (χ2v) is 7.41. The van der Waals surface area contributed by atoms with Gasteiger partial charge in [-0.15, -0.1) is 11.3 Å². The molecule has 0 spiro atoms. The van der Waals surface area contributed by atoms with Gasteiger partial charge in [-0.05, 0) is 57.6 Å². The van der Waals surface area contributed by atoms with Crippen LogP contribution in [0.5, 0.6) is 0 Å². The van der Waals surface area contributed by atoms with Crippen molar-refractivity contribution in [3.05, 3.63) is 21.9 Å². The van der Waals surface area contributed by atoms with E-state index in [0.717, 1.165) is 38.6 Å². The molecule has 0 radical (unpaired) electrons. The molecule has 5 heteroatoms. The van der Waals surface area contributed by atoms with Gasteiger partial charge in [0.25, 0.3) is 0 Å². The number of hydrogen-bond acceptors (Lipinski definition) is 3. The minimum atomic E-state index is -0.772. The number of hydrogen-bond donors (Lipinski definition) is 1. The Kier molecular flexibility index (Phi) is 6.43. The van der Waals surface area contributed by atoms with E-state index in [4.69, 9.17) is 5.11 Å². The Morgan fingerprint density at radius 3 is 2.82 bits per heavy atom. The number of nitrogens with zero attached hydrogens (tertiary/aromatic N) is 1. The smallest absolute Gasteiger partial charge is 0.303 e. The molecule has 0 saturated carbocycles. The molecule has 4 nitrogen and oxygen atoms in total. The van der Waals surface area contributed by atoms with Crippen LogP contribution in [0.4, 0.5) is 0 Å². The fraction of sp³-hybridized carbons (Fsp3) is 0.647. The number of carboxylic acid groups (broad SMARTS) is 1. The van der Waals surface area contributed by atoms with E-state index in [1.54, 1.807) is 11.3 Å². The van der Waals surface area contributed by atoms with Crippen molar-refractivity contribution in [2.45, 2.75) is 64.3 Å². The second kappa shape index (κ2) is 8.32. The van der Waals surface area contributed by atoms with Crippen LogP contribution in [0.1, 0.15) is 54.7 Å². The van der Waals surface area contributed by atoms with Crippen LogP contribution in [-0.4, -0.2) is 34.5 Å². The van der Waals surface area contributed by atoms with E-state index in [1.165, 1.54) is 9.75 Å². The second-order valence-electron chi connectivity index (χ2n) is 6.04. The van der Waals surface area contributed by atoms with Crippen molar-refractivity contribution in [3.63, 3.8) is 0 Å². The predicted molar refractivity (Wildman–Crippen MR) is 88.2 cm³/mol. The van der Waals surface area contributed by atoms with E-state index in [2.05, 4.69) is 19.1 Å². The zero-order chi connectivity index (χ0) is 15.9. The van der Waals surface area contributed by atoms with Crippen molar-refractivity contribution in [2.24, 2.45) is 0 Å². The number of thiophene rings is 1. The average Bonchev–Trinajstić information content (AvgIpc) is 2.91. The lowest BCUT2D eigenvalue weighted by Crippen LogP contribution is -2.43. The summed E-state index contributed by atoms with van der Waals surface area (Å²) in [7, 11) is 0. The molecule has 0 unspecified atom stereocenters. The summed E-state index contributed by atoms with van der Waals surface area (Å²) in [6, 6.07) is 4.39. The van der Waals surface area contributed by atoms with Crippen LogP contribution in [-0.2, 0) is 16.0 Å². The van der Waals surface area contributed by atoms with Crippen molar-refractivity contribution < 1.29 is 14.7 Å². The zero-order valence-electron chi connectivity index (χ0n) is 13.2. The molecule has 1 atom stereocenters. The minimum absolute atomic E-state index is 0.126. The lowest BCUT2D eigenvalue weighted by Gasteiger charge is -2.35. The first-order valence-corrected chi connectivity index (χ1v) is 8.94. The first-order valence-electron chi connectivity index (χ1n) is 8.13. The van der Waals surface area contributed by atoms with Crippen LogP contribution >= 0.6 is 11.3 Å². The summed E-state index contributed by atoms with van der Waals surface area (Å²) in [6.07, 6.45) is 6.23. The highest BCUT2D eigenvalue weighted by Crippen LogP contribution is 2.23. The molecule has 1 fully saturated rings. The number of piperidine rings is 1. The van der Waals surface area contributed by atoms with Gasteiger partial charge in [0.2, 0.25) is 5.91 Å². The molecular weight excluding hydrogens is 298 g/mol. The van der Waals surface area contributed by atoms with Gasteiger partial charge in [-0.25, -0.2) is 0 Å². The number of carbonyl (C=O) groups excluding carboxylic acids is 1. The predicted octanol–water partition coefficient (Wildman–Crippen LogP) is 3.63. The highest BCUT2D eigenvalue weighted by atomic mass is 32.1. The van der Waals surface area contributed by atoms with E-state index >= 15 is 0 Å². The Morgan fingerprint density at radius 2 is 2.14 bits per heavy atom. The molecule has 0 aromatic carbocycles. The first-order chi connectivity index (χ1) is 10.6. The average molecular weight is 323 g/mol. The van der Waals surface area contributed by atoms with Gasteiger partial charge in [0.05, 0.1) is 0 Å². The lowest BCUT2D eigenvalue weighted by molar-refractivity contribution is -0.140. The monoisotopic (exact) mass is 323 g/mol. The first kappa shape index (κ1) is 17.0. The van der Waals surface area contributed by atoms with Gasteiger partial charge in [-0.1, -0.05) is 0 Å². The number of carboxylic acids is 1. The topological polar surface area (TPSA) is 57.6 Å². The molecule has 1 N–H and O–H groups in total. The molecule has 1 saturated heterocycles. The van der Waals surface area contributed by atoms with Crippen molar-refractivity contribution in [3.8, 4) is 0 Å². The maximum atomic E-state index is 12.4. The van der Waals surface area contributed by atoms with Gasteiger partial charge in [0, 0.05) is 35.2 Å². The number of carbonyl (C=O) groups is 2. The Balaban J connectivity index is 1.79. The standard InChI is InChI=1S/C17H25NO3S/c1-13-8-10-15(22-13)6-4-7-16(19)18-12-3-2-5-14(18)9-11-17(20)21/h8,10,14H,2-7,9,11-12H2,1H3,(H,20,21)/t14-/m1/s1. The Morgan fingerprint density at radius 1 is 1.32 bits per heavy atom. The van der Waals surface area contributed by atoms with Gasteiger partial charge in [0.15, 0.2) is 0 Å². The van der Waals surface area contributed by atoms with Crippen molar-refractivity contribution in [1.82, 2.24) is 4.90 Å². The molecule has 1 amide bonds. The molecule has 122 valence electrons. The minimum Gasteiger partial charge on any atom is -0.481 e. The molecule has 1 aliphatic heterocycles.